The predicted molar refractivity (Wildman–Crippen MR) is 130 cm³/mol. The summed E-state index contributed by atoms with van der Waals surface area (Å²) in [4.78, 5) is 36.8. The highest BCUT2D eigenvalue weighted by molar-refractivity contribution is 5.86. The molecular formula is C27H34N2O5. The van der Waals surface area contributed by atoms with E-state index in [1.807, 2.05) is 64.1 Å². The maximum Gasteiger partial charge on any atom is 0.407 e. The Labute approximate surface area is 200 Å². The van der Waals surface area contributed by atoms with Crippen molar-refractivity contribution in [1.82, 2.24) is 10.6 Å². The van der Waals surface area contributed by atoms with Crippen LogP contribution in [-0.2, 0) is 14.3 Å². The second-order valence-electron chi connectivity index (χ2n) is 9.61. The fraction of sp³-hybridized carbons (Fsp3) is 0.444. The number of carboxylic acid groups (broad SMARTS) is 1. The molecule has 1 aliphatic rings. The van der Waals surface area contributed by atoms with Crippen LogP contribution in [-0.4, -0.2) is 41.8 Å². The number of carboxylic acids is 1. The Morgan fingerprint density at radius 1 is 0.912 bits per heavy atom. The summed E-state index contributed by atoms with van der Waals surface area (Å²) in [7, 11) is 0. The first kappa shape index (κ1) is 25.3. The van der Waals surface area contributed by atoms with Crippen molar-refractivity contribution >= 4 is 18.0 Å². The third kappa shape index (κ3) is 6.16. The van der Waals surface area contributed by atoms with Crippen LogP contribution in [0.2, 0.25) is 0 Å². The van der Waals surface area contributed by atoms with Gasteiger partial charge in [0.05, 0.1) is 6.42 Å². The summed E-state index contributed by atoms with van der Waals surface area (Å²) in [5.74, 6) is -1.38. The standard InChI is InChI=1S/C27H34N2O5/c1-16(2)13-24(26(32)28-23(17(3)4)14-25(30)31)29-27(33)34-15-22-20-11-7-5-9-18(20)19-10-6-8-12-21(19)22/h5-12,16-17,22-24H,13-15H2,1-4H3,(H,28,32)(H,29,33)(H,30,31)/t23-,24-/m1/s1. The molecule has 0 saturated heterocycles. The average molecular weight is 467 g/mol. The van der Waals surface area contributed by atoms with Crippen LogP contribution in [0.1, 0.15) is 57.6 Å². The topological polar surface area (TPSA) is 105 Å². The molecule has 0 aromatic heterocycles. The highest BCUT2D eigenvalue weighted by Crippen LogP contribution is 2.44. The van der Waals surface area contributed by atoms with Crippen molar-refractivity contribution in [2.45, 2.75) is 58.5 Å². The molecule has 2 aromatic rings. The van der Waals surface area contributed by atoms with Crippen LogP contribution in [0.5, 0.6) is 0 Å². The van der Waals surface area contributed by atoms with Gasteiger partial charge in [-0.05, 0) is 40.5 Å². The average Bonchev–Trinajstić information content (AvgIpc) is 3.10. The van der Waals surface area contributed by atoms with E-state index in [0.717, 1.165) is 22.3 Å². The highest BCUT2D eigenvalue weighted by atomic mass is 16.5. The lowest BCUT2D eigenvalue weighted by Gasteiger charge is -2.26. The molecule has 2 atom stereocenters. The quantitative estimate of drug-likeness (QED) is 0.476. The Morgan fingerprint density at radius 3 is 1.97 bits per heavy atom. The van der Waals surface area contributed by atoms with Gasteiger partial charge in [-0.1, -0.05) is 76.2 Å². The van der Waals surface area contributed by atoms with E-state index in [9.17, 15) is 14.4 Å². The van der Waals surface area contributed by atoms with Crippen LogP contribution in [0.15, 0.2) is 48.5 Å². The molecule has 182 valence electrons. The zero-order valence-electron chi connectivity index (χ0n) is 20.2. The van der Waals surface area contributed by atoms with E-state index in [2.05, 4.69) is 22.8 Å². The van der Waals surface area contributed by atoms with E-state index in [0.29, 0.717) is 6.42 Å². The smallest absolute Gasteiger partial charge is 0.407 e. The normalized spacial score (nSPS) is 14.3. The second-order valence-corrected chi connectivity index (χ2v) is 9.61. The first-order valence-corrected chi connectivity index (χ1v) is 11.8. The van der Waals surface area contributed by atoms with Crippen LogP contribution < -0.4 is 10.6 Å². The summed E-state index contributed by atoms with van der Waals surface area (Å²) in [5.41, 5.74) is 4.51. The van der Waals surface area contributed by atoms with E-state index in [-0.39, 0.29) is 30.8 Å². The summed E-state index contributed by atoms with van der Waals surface area (Å²) in [6.07, 6.45) is -0.432. The van der Waals surface area contributed by atoms with Gasteiger partial charge in [-0.2, -0.15) is 0 Å². The van der Waals surface area contributed by atoms with Gasteiger partial charge in [0.2, 0.25) is 5.91 Å². The van der Waals surface area contributed by atoms with E-state index in [1.165, 1.54) is 0 Å². The molecule has 0 fully saturated rings. The van der Waals surface area contributed by atoms with Crippen LogP contribution in [0.4, 0.5) is 4.79 Å². The molecule has 7 nitrogen and oxygen atoms in total. The number of ether oxygens (including phenoxy) is 1. The number of hydrogen-bond acceptors (Lipinski definition) is 4. The molecule has 3 N–H and O–H groups in total. The van der Waals surface area contributed by atoms with Gasteiger partial charge < -0.3 is 20.5 Å². The predicted octanol–water partition coefficient (Wildman–Crippen LogP) is 4.56. The van der Waals surface area contributed by atoms with Crippen molar-refractivity contribution in [2.75, 3.05) is 6.61 Å². The minimum Gasteiger partial charge on any atom is -0.481 e. The van der Waals surface area contributed by atoms with Crippen LogP contribution in [0.25, 0.3) is 11.1 Å². The van der Waals surface area contributed by atoms with Gasteiger partial charge in [0.25, 0.3) is 0 Å². The summed E-state index contributed by atoms with van der Waals surface area (Å²) in [6, 6.07) is 14.8. The molecule has 0 unspecified atom stereocenters. The third-order valence-electron chi connectivity index (χ3n) is 6.19. The molecule has 0 spiro atoms. The number of fused-ring (bicyclic) bond motifs is 3. The van der Waals surface area contributed by atoms with E-state index in [1.54, 1.807) is 0 Å². The van der Waals surface area contributed by atoms with Gasteiger partial charge in [-0.25, -0.2) is 4.79 Å². The number of hydrogen-bond donors (Lipinski definition) is 3. The Kier molecular flexibility index (Phi) is 8.31. The van der Waals surface area contributed by atoms with Crippen molar-refractivity contribution in [3.8, 4) is 11.1 Å². The molecule has 7 heteroatoms. The van der Waals surface area contributed by atoms with Gasteiger partial charge in [-0.15, -0.1) is 0 Å². The Bertz CT molecular complexity index is 988. The number of rotatable bonds is 10. The molecule has 1 aliphatic carbocycles. The molecule has 0 heterocycles. The lowest BCUT2D eigenvalue weighted by atomic mass is 9.98. The molecule has 2 amide bonds. The fourth-order valence-corrected chi connectivity index (χ4v) is 4.41. The number of benzene rings is 2. The molecule has 2 aromatic carbocycles. The number of carbonyl (C=O) groups is 3. The van der Waals surface area contributed by atoms with Gasteiger partial charge >= 0.3 is 12.1 Å². The van der Waals surface area contributed by atoms with Crippen LogP contribution >= 0.6 is 0 Å². The van der Waals surface area contributed by atoms with Crippen molar-refractivity contribution < 1.29 is 24.2 Å². The molecule has 0 bridgehead atoms. The summed E-state index contributed by atoms with van der Waals surface area (Å²) < 4.78 is 5.59. The lowest BCUT2D eigenvalue weighted by Crippen LogP contribution is -2.51. The zero-order chi connectivity index (χ0) is 24.8. The molecule has 34 heavy (non-hydrogen) atoms. The second kappa shape index (κ2) is 11.2. The minimum absolute atomic E-state index is 0.0609. The van der Waals surface area contributed by atoms with Crippen molar-refractivity contribution in [2.24, 2.45) is 11.8 Å². The highest BCUT2D eigenvalue weighted by Gasteiger charge is 2.30. The van der Waals surface area contributed by atoms with Gasteiger partial charge in [0.1, 0.15) is 12.6 Å². The minimum atomic E-state index is -0.982. The maximum absolute atomic E-state index is 12.9. The third-order valence-corrected chi connectivity index (χ3v) is 6.19. The molecule has 0 radical (unpaired) electrons. The number of carbonyl (C=O) groups excluding carboxylic acids is 2. The van der Waals surface area contributed by atoms with E-state index >= 15 is 0 Å². The van der Waals surface area contributed by atoms with Gasteiger partial charge in [-0.3, -0.25) is 9.59 Å². The fourth-order valence-electron chi connectivity index (χ4n) is 4.41. The number of amides is 2. The Hall–Kier alpha value is -3.35. The summed E-state index contributed by atoms with van der Waals surface area (Å²) in [5, 5.41) is 14.6. The SMILES string of the molecule is CC(C)C[C@@H](NC(=O)OCC1c2ccccc2-c2ccccc21)C(=O)N[C@H](CC(=O)O)C(C)C. The monoisotopic (exact) mass is 466 g/mol. The van der Waals surface area contributed by atoms with Crippen molar-refractivity contribution in [3.05, 3.63) is 59.7 Å². The number of alkyl carbamates (subject to hydrolysis) is 1. The van der Waals surface area contributed by atoms with Crippen molar-refractivity contribution in [3.63, 3.8) is 0 Å². The number of nitrogens with one attached hydrogen (secondary N) is 2. The van der Waals surface area contributed by atoms with Crippen LogP contribution in [0.3, 0.4) is 0 Å². The van der Waals surface area contributed by atoms with E-state index in [4.69, 9.17) is 9.84 Å². The first-order valence-electron chi connectivity index (χ1n) is 11.8. The molecule has 3 rings (SSSR count). The number of aliphatic carboxylic acids is 1. The lowest BCUT2D eigenvalue weighted by molar-refractivity contribution is -0.138. The van der Waals surface area contributed by atoms with E-state index < -0.39 is 30.1 Å². The Morgan fingerprint density at radius 2 is 1.47 bits per heavy atom. The largest absolute Gasteiger partial charge is 0.481 e. The Balaban J connectivity index is 1.66. The zero-order valence-corrected chi connectivity index (χ0v) is 20.2. The molecule has 0 aliphatic heterocycles. The first-order chi connectivity index (χ1) is 16.2. The molecular weight excluding hydrogens is 432 g/mol. The van der Waals surface area contributed by atoms with Crippen LogP contribution in [0, 0.1) is 11.8 Å². The van der Waals surface area contributed by atoms with Gasteiger partial charge in [0.15, 0.2) is 0 Å². The summed E-state index contributed by atoms with van der Waals surface area (Å²) in [6.45, 7) is 7.77. The van der Waals surface area contributed by atoms with Gasteiger partial charge in [0, 0.05) is 12.0 Å². The summed E-state index contributed by atoms with van der Waals surface area (Å²) >= 11 is 0. The van der Waals surface area contributed by atoms with Crippen molar-refractivity contribution in [1.29, 1.82) is 0 Å². The molecule has 0 saturated carbocycles. The maximum atomic E-state index is 12.9.